The molecule has 1 heterocycles. The molecule has 98 valence electrons. The summed E-state index contributed by atoms with van der Waals surface area (Å²) < 4.78 is 51.7. The molecular formula is C13H13F4N. The number of benzene rings is 1. The van der Waals surface area contributed by atoms with Crippen molar-refractivity contribution in [2.75, 3.05) is 13.1 Å². The van der Waals surface area contributed by atoms with E-state index >= 15 is 0 Å². The van der Waals surface area contributed by atoms with Crippen molar-refractivity contribution >= 4 is 0 Å². The summed E-state index contributed by atoms with van der Waals surface area (Å²) in [6, 6.07) is 3.04. The number of rotatable bonds is 1. The summed E-state index contributed by atoms with van der Waals surface area (Å²) >= 11 is 0. The van der Waals surface area contributed by atoms with Crippen LogP contribution in [-0.2, 0) is 6.18 Å². The third kappa shape index (κ3) is 1.81. The second-order valence-corrected chi connectivity index (χ2v) is 5.28. The molecule has 3 rings (SSSR count). The van der Waals surface area contributed by atoms with Crippen LogP contribution in [0.5, 0.6) is 0 Å². The summed E-state index contributed by atoms with van der Waals surface area (Å²) in [5.41, 5.74) is -0.568. The van der Waals surface area contributed by atoms with Gasteiger partial charge in [0.1, 0.15) is 5.82 Å². The van der Waals surface area contributed by atoms with E-state index in [0.717, 1.165) is 32.0 Å². The summed E-state index contributed by atoms with van der Waals surface area (Å²) in [6.45, 7) is 1.63. The molecule has 5 heteroatoms. The molecule has 1 aliphatic carbocycles. The third-order valence-electron chi connectivity index (χ3n) is 4.16. The molecule has 1 saturated carbocycles. The van der Waals surface area contributed by atoms with Crippen LogP contribution in [0.4, 0.5) is 17.6 Å². The Bertz CT molecular complexity index is 474. The third-order valence-corrected chi connectivity index (χ3v) is 4.16. The van der Waals surface area contributed by atoms with E-state index < -0.39 is 17.6 Å². The van der Waals surface area contributed by atoms with Crippen LogP contribution >= 0.6 is 0 Å². The standard InChI is InChI=1S/C13H13F4N/c14-8-1-2-9(10(5-8)13(15,16)17)11-6-12(11)3-4-18-7-12/h1-2,5,11,18H,3-4,6-7H2/t11?,12-/m1/s1. The first-order valence-electron chi connectivity index (χ1n) is 6.00. The molecular weight excluding hydrogens is 246 g/mol. The molecule has 1 spiro atoms. The van der Waals surface area contributed by atoms with Crippen molar-refractivity contribution in [3.63, 3.8) is 0 Å². The smallest absolute Gasteiger partial charge is 0.316 e. The van der Waals surface area contributed by atoms with E-state index in [-0.39, 0.29) is 16.9 Å². The van der Waals surface area contributed by atoms with E-state index in [2.05, 4.69) is 5.32 Å². The first-order chi connectivity index (χ1) is 8.42. The maximum absolute atomic E-state index is 13.0. The number of hydrogen-bond donors (Lipinski definition) is 1. The largest absolute Gasteiger partial charge is 0.416 e. The fraction of sp³-hybridized carbons (Fsp3) is 0.538. The Morgan fingerprint density at radius 3 is 2.67 bits per heavy atom. The van der Waals surface area contributed by atoms with Crippen molar-refractivity contribution in [3.05, 3.63) is 35.1 Å². The van der Waals surface area contributed by atoms with E-state index in [0.29, 0.717) is 6.07 Å². The van der Waals surface area contributed by atoms with Crippen molar-refractivity contribution in [1.29, 1.82) is 0 Å². The Morgan fingerprint density at radius 2 is 2.06 bits per heavy atom. The van der Waals surface area contributed by atoms with Crippen molar-refractivity contribution in [3.8, 4) is 0 Å². The van der Waals surface area contributed by atoms with E-state index in [9.17, 15) is 17.6 Å². The van der Waals surface area contributed by atoms with Gasteiger partial charge in [-0.2, -0.15) is 13.2 Å². The molecule has 1 unspecified atom stereocenters. The Hall–Kier alpha value is -1.10. The highest BCUT2D eigenvalue weighted by atomic mass is 19.4. The quantitative estimate of drug-likeness (QED) is 0.763. The zero-order chi connectivity index (χ0) is 13.0. The minimum Gasteiger partial charge on any atom is -0.316 e. The number of alkyl halides is 3. The monoisotopic (exact) mass is 259 g/mol. The topological polar surface area (TPSA) is 12.0 Å². The minimum absolute atomic E-state index is 0.0160. The van der Waals surface area contributed by atoms with Gasteiger partial charge in [0.2, 0.25) is 0 Å². The lowest BCUT2D eigenvalue weighted by molar-refractivity contribution is -0.138. The summed E-state index contributed by atoms with van der Waals surface area (Å²) in [7, 11) is 0. The van der Waals surface area contributed by atoms with E-state index in [1.807, 2.05) is 0 Å². The molecule has 1 saturated heterocycles. The van der Waals surface area contributed by atoms with Gasteiger partial charge < -0.3 is 5.32 Å². The van der Waals surface area contributed by atoms with Crippen molar-refractivity contribution in [2.24, 2.45) is 5.41 Å². The molecule has 1 N–H and O–H groups in total. The van der Waals surface area contributed by atoms with Gasteiger partial charge in [0.25, 0.3) is 0 Å². The van der Waals surface area contributed by atoms with E-state index in [1.54, 1.807) is 0 Å². The van der Waals surface area contributed by atoms with Crippen molar-refractivity contribution in [2.45, 2.75) is 24.9 Å². The molecule has 0 amide bonds. The van der Waals surface area contributed by atoms with Crippen LogP contribution in [0.3, 0.4) is 0 Å². The maximum Gasteiger partial charge on any atom is 0.416 e. The number of halogens is 4. The normalized spacial score (nSPS) is 31.0. The van der Waals surface area contributed by atoms with Crippen LogP contribution in [0.25, 0.3) is 0 Å². The lowest BCUT2D eigenvalue weighted by Crippen LogP contribution is -2.13. The number of nitrogens with one attached hydrogen (secondary N) is 1. The first kappa shape index (κ1) is 12.0. The molecule has 18 heavy (non-hydrogen) atoms. The highest BCUT2D eigenvalue weighted by Gasteiger charge is 2.57. The minimum atomic E-state index is -4.48. The van der Waals surface area contributed by atoms with Gasteiger partial charge in [-0.1, -0.05) is 6.07 Å². The highest BCUT2D eigenvalue weighted by molar-refractivity contribution is 5.40. The molecule has 0 bridgehead atoms. The summed E-state index contributed by atoms with van der Waals surface area (Å²) in [5, 5.41) is 3.19. The molecule has 2 atom stereocenters. The molecule has 0 radical (unpaired) electrons. The second-order valence-electron chi connectivity index (χ2n) is 5.28. The Labute approximate surface area is 102 Å². The second kappa shape index (κ2) is 3.70. The van der Waals surface area contributed by atoms with Gasteiger partial charge >= 0.3 is 6.18 Å². The van der Waals surface area contributed by atoms with Crippen LogP contribution in [0.2, 0.25) is 0 Å². The molecule has 1 aromatic rings. The van der Waals surface area contributed by atoms with Gasteiger partial charge in [0, 0.05) is 6.54 Å². The lowest BCUT2D eigenvalue weighted by atomic mass is 9.94. The van der Waals surface area contributed by atoms with Crippen molar-refractivity contribution in [1.82, 2.24) is 5.32 Å². The summed E-state index contributed by atoms with van der Waals surface area (Å²) in [6.07, 6.45) is -2.80. The molecule has 2 aliphatic rings. The Balaban J connectivity index is 1.98. The summed E-state index contributed by atoms with van der Waals surface area (Å²) in [4.78, 5) is 0. The molecule has 0 aromatic heterocycles. The molecule has 1 nitrogen and oxygen atoms in total. The zero-order valence-corrected chi connectivity index (χ0v) is 9.65. The highest BCUT2D eigenvalue weighted by Crippen LogP contribution is 2.63. The van der Waals surface area contributed by atoms with Crippen LogP contribution in [-0.4, -0.2) is 13.1 Å². The van der Waals surface area contributed by atoms with Crippen LogP contribution < -0.4 is 5.32 Å². The molecule has 1 aromatic carbocycles. The average molecular weight is 259 g/mol. The Morgan fingerprint density at radius 1 is 1.28 bits per heavy atom. The van der Waals surface area contributed by atoms with Gasteiger partial charge in [-0.05, 0) is 48.4 Å². The van der Waals surface area contributed by atoms with Gasteiger partial charge in [-0.3, -0.25) is 0 Å². The first-order valence-corrected chi connectivity index (χ1v) is 6.00. The molecule has 1 aliphatic heterocycles. The summed E-state index contributed by atoms with van der Waals surface area (Å²) in [5.74, 6) is -0.907. The predicted octanol–water partition coefficient (Wildman–Crippen LogP) is 3.31. The molecule has 2 fully saturated rings. The van der Waals surface area contributed by atoms with Crippen LogP contribution in [0, 0.1) is 11.2 Å². The van der Waals surface area contributed by atoms with Crippen molar-refractivity contribution < 1.29 is 17.6 Å². The van der Waals surface area contributed by atoms with Gasteiger partial charge in [-0.15, -0.1) is 0 Å². The maximum atomic E-state index is 13.0. The fourth-order valence-corrected chi connectivity index (χ4v) is 3.10. The van der Waals surface area contributed by atoms with Gasteiger partial charge in [0.05, 0.1) is 5.56 Å². The van der Waals surface area contributed by atoms with E-state index in [1.165, 1.54) is 6.07 Å². The van der Waals surface area contributed by atoms with E-state index in [4.69, 9.17) is 0 Å². The predicted molar refractivity (Wildman–Crippen MR) is 58.7 cm³/mol. The van der Waals surface area contributed by atoms with Crippen LogP contribution in [0.1, 0.15) is 29.9 Å². The van der Waals surface area contributed by atoms with Crippen LogP contribution in [0.15, 0.2) is 18.2 Å². The number of hydrogen-bond acceptors (Lipinski definition) is 1. The fourth-order valence-electron chi connectivity index (χ4n) is 3.10. The van der Waals surface area contributed by atoms with Gasteiger partial charge in [0.15, 0.2) is 0 Å². The zero-order valence-electron chi connectivity index (χ0n) is 9.65. The van der Waals surface area contributed by atoms with Gasteiger partial charge in [-0.25, -0.2) is 4.39 Å². The average Bonchev–Trinajstić information content (AvgIpc) is 2.76. The SMILES string of the molecule is Fc1ccc(C2C[C@@]23CCNC3)c(C(F)(F)F)c1. The Kier molecular flexibility index (Phi) is 2.46. The lowest BCUT2D eigenvalue weighted by Gasteiger charge is -2.15.